The number of benzene rings is 1. The second-order valence-corrected chi connectivity index (χ2v) is 6.58. The minimum Gasteiger partial charge on any atom is -0.494 e. The number of hydrogen-bond donors (Lipinski definition) is 3. The zero-order chi connectivity index (χ0) is 18.7. The van der Waals surface area contributed by atoms with Gasteiger partial charge >= 0.3 is 0 Å². The first-order valence-corrected chi connectivity index (χ1v) is 8.51. The highest BCUT2D eigenvalue weighted by Crippen LogP contribution is 2.10. The van der Waals surface area contributed by atoms with Crippen molar-refractivity contribution in [2.45, 2.75) is 39.7 Å². The van der Waals surface area contributed by atoms with Crippen LogP contribution in [-0.2, 0) is 4.79 Å². The van der Waals surface area contributed by atoms with Gasteiger partial charge in [0.1, 0.15) is 18.1 Å². The van der Waals surface area contributed by atoms with Crippen molar-refractivity contribution in [2.24, 2.45) is 4.99 Å². The van der Waals surface area contributed by atoms with Crippen molar-refractivity contribution in [3.8, 4) is 5.75 Å². The predicted octanol–water partition coefficient (Wildman–Crippen LogP) is 2.06. The summed E-state index contributed by atoms with van der Waals surface area (Å²) in [5.74, 6) is 0.828. The number of carbonyl (C=O) groups is 1. The van der Waals surface area contributed by atoms with Gasteiger partial charge in [-0.3, -0.25) is 4.79 Å². The number of rotatable bonds is 8. The van der Waals surface area contributed by atoms with Gasteiger partial charge in [0.15, 0.2) is 5.96 Å². The number of guanidine groups is 1. The van der Waals surface area contributed by atoms with Crippen LogP contribution in [-0.4, -0.2) is 43.6 Å². The third kappa shape index (κ3) is 10.2. The molecule has 25 heavy (non-hydrogen) atoms. The normalized spacial score (nSPS) is 11.8. The summed E-state index contributed by atoms with van der Waals surface area (Å²) in [6.07, 6.45) is 0.746. The number of hydrogen-bond acceptors (Lipinski definition) is 3. The quantitative estimate of drug-likeness (QED) is 0.380. The lowest BCUT2D eigenvalue weighted by Gasteiger charge is -2.20. The van der Waals surface area contributed by atoms with Gasteiger partial charge in [-0.05, 0) is 58.4 Å². The van der Waals surface area contributed by atoms with Crippen molar-refractivity contribution in [1.29, 1.82) is 0 Å². The Labute approximate surface area is 149 Å². The van der Waals surface area contributed by atoms with E-state index in [1.807, 2.05) is 27.7 Å². The minimum absolute atomic E-state index is 0.0681. The molecular weight excluding hydrogens is 323 g/mol. The third-order valence-corrected chi connectivity index (χ3v) is 2.94. The molecule has 0 fully saturated rings. The third-order valence-electron chi connectivity index (χ3n) is 2.94. The maximum absolute atomic E-state index is 12.8. The number of amides is 1. The van der Waals surface area contributed by atoms with Gasteiger partial charge in [-0.15, -0.1) is 0 Å². The molecule has 0 bridgehead atoms. The monoisotopic (exact) mass is 352 g/mol. The van der Waals surface area contributed by atoms with Crippen LogP contribution in [0.25, 0.3) is 0 Å². The molecule has 1 amide bonds. The lowest BCUT2D eigenvalue weighted by molar-refractivity contribution is -0.121. The zero-order valence-electron chi connectivity index (χ0n) is 15.5. The first-order chi connectivity index (χ1) is 11.8. The van der Waals surface area contributed by atoms with E-state index in [9.17, 15) is 9.18 Å². The highest BCUT2D eigenvalue weighted by Gasteiger charge is 2.13. The van der Waals surface area contributed by atoms with E-state index in [1.165, 1.54) is 12.1 Å². The Kier molecular flexibility index (Phi) is 8.74. The minimum atomic E-state index is -0.281. The molecule has 0 spiro atoms. The highest BCUT2D eigenvalue weighted by molar-refractivity contribution is 5.85. The van der Waals surface area contributed by atoms with Crippen molar-refractivity contribution in [2.75, 3.05) is 26.2 Å². The van der Waals surface area contributed by atoms with E-state index >= 15 is 0 Å². The standard InChI is InChI=1S/C18H29FN4O2/c1-5-20-17(22-13-16(24)23-18(2,3)4)21-11-6-12-25-15-9-7-14(19)8-10-15/h7-10H,5-6,11-13H2,1-4H3,(H,23,24)(H2,20,21,22). The summed E-state index contributed by atoms with van der Waals surface area (Å²) in [5, 5.41) is 9.11. The fourth-order valence-electron chi connectivity index (χ4n) is 1.95. The van der Waals surface area contributed by atoms with Crippen LogP contribution in [0.1, 0.15) is 34.1 Å². The molecule has 6 nitrogen and oxygen atoms in total. The van der Waals surface area contributed by atoms with E-state index in [0.717, 1.165) is 6.42 Å². The Morgan fingerprint density at radius 3 is 2.48 bits per heavy atom. The van der Waals surface area contributed by atoms with Crippen LogP contribution < -0.4 is 20.7 Å². The molecular formula is C18H29FN4O2. The van der Waals surface area contributed by atoms with Crippen LogP contribution in [0.3, 0.4) is 0 Å². The Hall–Kier alpha value is -2.31. The van der Waals surface area contributed by atoms with Gasteiger partial charge < -0.3 is 20.7 Å². The Morgan fingerprint density at radius 2 is 1.88 bits per heavy atom. The molecule has 0 radical (unpaired) electrons. The van der Waals surface area contributed by atoms with Crippen LogP contribution in [0.4, 0.5) is 4.39 Å². The van der Waals surface area contributed by atoms with Gasteiger partial charge in [0, 0.05) is 18.6 Å². The molecule has 0 atom stereocenters. The van der Waals surface area contributed by atoms with Crippen molar-refractivity contribution in [1.82, 2.24) is 16.0 Å². The first kappa shape index (κ1) is 20.7. The molecule has 0 unspecified atom stereocenters. The van der Waals surface area contributed by atoms with Crippen LogP contribution in [0, 0.1) is 5.82 Å². The molecule has 0 saturated carbocycles. The van der Waals surface area contributed by atoms with Crippen LogP contribution in [0.5, 0.6) is 5.75 Å². The second-order valence-electron chi connectivity index (χ2n) is 6.58. The van der Waals surface area contributed by atoms with E-state index in [-0.39, 0.29) is 23.8 Å². The first-order valence-electron chi connectivity index (χ1n) is 8.51. The number of nitrogens with one attached hydrogen (secondary N) is 3. The second kappa shape index (κ2) is 10.5. The fourth-order valence-corrected chi connectivity index (χ4v) is 1.95. The largest absolute Gasteiger partial charge is 0.494 e. The Morgan fingerprint density at radius 1 is 1.20 bits per heavy atom. The highest BCUT2D eigenvalue weighted by atomic mass is 19.1. The predicted molar refractivity (Wildman–Crippen MR) is 98.4 cm³/mol. The maximum atomic E-state index is 12.8. The molecule has 1 rings (SSSR count). The van der Waals surface area contributed by atoms with E-state index in [4.69, 9.17) is 4.74 Å². The lowest BCUT2D eigenvalue weighted by atomic mass is 10.1. The van der Waals surface area contributed by atoms with Gasteiger partial charge in [0.25, 0.3) is 0 Å². The number of carbonyl (C=O) groups excluding carboxylic acids is 1. The van der Waals surface area contributed by atoms with Gasteiger partial charge in [0.05, 0.1) is 6.61 Å². The molecule has 1 aromatic rings. The molecule has 0 saturated heterocycles. The topological polar surface area (TPSA) is 74.8 Å². The molecule has 0 aromatic heterocycles. The summed E-state index contributed by atoms with van der Waals surface area (Å²) >= 11 is 0. The Balaban J connectivity index is 2.31. The summed E-state index contributed by atoms with van der Waals surface area (Å²) in [4.78, 5) is 16.1. The van der Waals surface area contributed by atoms with Crippen LogP contribution in [0.15, 0.2) is 29.3 Å². The average Bonchev–Trinajstić information content (AvgIpc) is 2.52. The molecule has 7 heteroatoms. The summed E-state index contributed by atoms with van der Waals surface area (Å²) in [6.45, 7) is 9.68. The number of ether oxygens (including phenoxy) is 1. The van der Waals surface area contributed by atoms with Crippen molar-refractivity contribution >= 4 is 11.9 Å². The molecule has 0 aliphatic heterocycles. The van der Waals surface area contributed by atoms with E-state index in [0.29, 0.717) is 31.4 Å². The van der Waals surface area contributed by atoms with E-state index < -0.39 is 0 Å². The number of nitrogens with zero attached hydrogens (tertiary/aromatic N) is 1. The van der Waals surface area contributed by atoms with E-state index in [1.54, 1.807) is 12.1 Å². The maximum Gasteiger partial charge on any atom is 0.242 e. The molecule has 3 N–H and O–H groups in total. The molecule has 0 heterocycles. The van der Waals surface area contributed by atoms with Crippen molar-refractivity contribution in [3.05, 3.63) is 30.1 Å². The van der Waals surface area contributed by atoms with Crippen LogP contribution >= 0.6 is 0 Å². The summed E-state index contributed by atoms with van der Waals surface area (Å²) in [5.41, 5.74) is -0.268. The molecule has 140 valence electrons. The van der Waals surface area contributed by atoms with Crippen molar-refractivity contribution < 1.29 is 13.9 Å². The summed E-state index contributed by atoms with van der Waals surface area (Å²) < 4.78 is 18.3. The molecule has 1 aromatic carbocycles. The molecule has 0 aliphatic rings. The van der Waals surface area contributed by atoms with Gasteiger partial charge in [-0.1, -0.05) is 0 Å². The molecule has 0 aliphatic carbocycles. The van der Waals surface area contributed by atoms with Gasteiger partial charge in [0.2, 0.25) is 5.91 Å². The smallest absolute Gasteiger partial charge is 0.242 e. The van der Waals surface area contributed by atoms with E-state index in [2.05, 4.69) is 20.9 Å². The average molecular weight is 352 g/mol. The van der Waals surface area contributed by atoms with Crippen molar-refractivity contribution in [3.63, 3.8) is 0 Å². The van der Waals surface area contributed by atoms with Gasteiger partial charge in [-0.25, -0.2) is 9.38 Å². The van der Waals surface area contributed by atoms with Gasteiger partial charge in [-0.2, -0.15) is 0 Å². The zero-order valence-corrected chi connectivity index (χ0v) is 15.5. The lowest BCUT2D eigenvalue weighted by Crippen LogP contribution is -2.43. The summed E-state index contributed by atoms with van der Waals surface area (Å²) in [7, 11) is 0. The Bertz CT molecular complexity index is 553. The summed E-state index contributed by atoms with van der Waals surface area (Å²) in [6, 6.07) is 5.93. The van der Waals surface area contributed by atoms with Crippen LogP contribution in [0.2, 0.25) is 0 Å². The fraction of sp³-hybridized carbons (Fsp3) is 0.556. The number of halogens is 1. The SMILES string of the molecule is CCNC(=NCC(=O)NC(C)(C)C)NCCCOc1ccc(F)cc1. The number of aliphatic imine (C=N–C) groups is 1.